The van der Waals surface area contributed by atoms with E-state index in [-0.39, 0.29) is 25.3 Å². The Morgan fingerprint density at radius 1 is 1.59 bits per heavy atom. The number of nitrogens with two attached hydrogens (primary N) is 1. The number of carbonyl (C=O) groups is 2. The number of thiazole rings is 1. The van der Waals surface area contributed by atoms with Crippen molar-refractivity contribution < 1.29 is 19.8 Å². The molecule has 1 heterocycles. The van der Waals surface area contributed by atoms with Crippen molar-refractivity contribution in [2.75, 3.05) is 6.61 Å². The molecule has 1 aromatic rings. The van der Waals surface area contributed by atoms with Crippen molar-refractivity contribution in [3.05, 3.63) is 16.1 Å². The lowest BCUT2D eigenvalue weighted by Gasteiger charge is -2.11. The van der Waals surface area contributed by atoms with Crippen molar-refractivity contribution in [2.24, 2.45) is 5.73 Å². The van der Waals surface area contributed by atoms with E-state index >= 15 is 0 Å². The third-order valence-electron chi connectivity index (χ3n) is 1.98. The molecule has 0 spiro atoms. The van der Waals surface area contributed by atoms with Crippen LogP contribution in [0.25, 0.3) is 0 Å². The van der Waals surface area contributed by atoms with Crippen LogP contribution in [0, 0.1) is 0 Å². The summed E-state index contributed by atoms with van der Waals surface area (Å²) in [5.41, 5.74) is 5.49. The molecule has 1 aromatic heterocycles. The van der Waals surface area contributed by atoms with Crippen molar-refractivity contribution in [3.8, 4) is 0 Å². The lowest BCUT2D eigenvalue weighted by molar-refractivity contribution is -0.139. The Morgan fingerprint density at radius 3 is 2.76 bits per heavy atom. The average Bonchev–Trinajstić information content (AvgIpc) is 2.76. The molecule has 0 aliphatic carbocycles. The molecule has 8 heteroatoms. The molecule has 1 rings (SSSR count). The van der Waals surface area contributed by atoms with Gasteiger partial charge in [0.15, 0.2) is 0 Å². The lowest BCUT2D eigenvalue weighted by atomic mass is 10.2. The number of aliphatic hydroxyl groups excluding tert-OH is 1. The highest BCUT2D eigenvalue weighted by atomic mass is 32.1. The first-order valence-corrected chi connectivity index (χ1v) is 5.75. The summed E-state index contributed by atoms with van der Waals surface area (Å²) in [6.07, 6.45) is -0.0467. The number of rotatable bonds is 6. The van der Waals surface area contributed by atoms with Crippen LogP contribution in [-0.2, 0) is 11.3 Å². The molecule has 7 nitrogen and oxygen atoms in total. The molecule has 0 aliphatic rings. The smallest absolute Gasteiger partial charge is 0.326 e. The average molecular weight is 259 g/mol. The van der Waals surface area contributed by atoms with Gasteiger partial charge in [-0.25, -0.2) is 9.78 Å². The number of hydrogen-bond acceptors (Lipinski definition) is 6. The van der Waals surface area contributed by atoms with E-state index in [1.165, 1.54) is 16.7 Å². The molecular formula is C9H13N3O4S. The van der Waals surface area contributed by atoms with Gasteiger partial charge in [-0.05, 0) is 0 Å². The number of carbonyl (C=O) groups excluding carboxylic acids is 1. The van der Waals surface area contributed by atoms with Crippen LogP contribution in [0.4, 0.5) is 0 Å². The van der Waals surface area contributed by atoms with Crippen molar-refractivity contribution in [3.63, 3.8) is 0 Å². The fourth-order valence-corrected chi connectivity index (χ4v) is 1.78. The highest BCUT2D eigenvalue weighted by Gasteiger charge is 2.21. The van der Waals surface area contributed by atoms with Gasteiger partial charge in [-0.1, -0.05) is 0 Å². The minimum Gasteiger partial charge on any atom is -0.480 e. The summed E-state index contributed by atoms with van der Waals surface area (Å²) in [5, 5.41) is 21.8. The Balaban J connectivity index is 2.66. The van der Waals surface area contributed by atoms with Crippen LogP contribution in [-0.4, -0.2) is 39.7 Å². The van der Waals surface area contributed by atoms with E-state index in [2.05, 4.69) is 10.3 Å². The third kappa shape index (κ3) is 3.77. The van der Waals surface area contributed by atoms with Gasteiger partial charge >= 0.3 is 5.97 Å². The zero-order chi connectivity index (χ0) is 12.8. The van der Waals surface area contributed by atoms with E-state index in [1.54, 1.807) is 0 Å². The van der Waals surface area contributed by atoms with Crippen molar-refractivity contribution in [1.29, 1.82) is 0 Å². The van der Waals surface area contributed by atoms with Crippen molar-refractivity contribution >= 4 is 23.2 Å². The van der Waals surface area contributed by atoms with Crippen molar-refractivity contribution in [1.82, 2.24) is 10.3 Å². The largest absolute Gasteiger partial charge is 0.480 e. The summed E-state index contributed by atoms with van der Waals surface area (Å²) >= 11 is 1.23. The van der Waals surface area contributed by atoms with Gasteiger partial charge in [-0.3, -0.25) is 4.79 Å². The summed E-state index contributed by atoms with van der Waals surface area (Å²) < 4.78 is 0. The summed E-state index contributed by atoms with van der Waals surface area (Å²) in [6.45, 7) is -0.0840. The second kappa shape index (κ2) is 6.28. The number of carboxylic acids is 1. The minimum absolute atomic E-state index is 0.0467. The molecule has 94 valence electrons. The molecule has 0 aromatic carbocycles. The molecule has 0 unspecified atom stereocenters. The number of carboxylic acid groups (broad SMARTS) is 1. The number of aliphatic carboxylic acids is 1. The first kappa shape index (κ1) is 13.6. The van der Waals surface area contributed by atoms with Gasteiger partial charge in [-0.15, -0.1) is 11.3 Å². The van der Waals surface area contributed by atoms with E-state index in [9.17, 15) is 9.59 Å². The quantitative estimate of drug-likeness (QED) is 0.528. The Bertz CT molecular complexity index is 407. The van der Waals surface area contributed by atoms with Gasteiger partial charge in [0.1, 0.15) is 16.7 Å². The fourth-order valence-electron chi connectivity index (χ4n) is 1.13. The Labute approximate surface area is 101 Å². The molecule has 1 amide bonds. The Hall–Kier alpha value is -1.51. The van der Waals surface area contributed by atoms with Gasteiger partial charge < -0.3 is 21.3 Å². The molecule has 5 N–H and O–H groups in total. The monoisotopic (exact) mass is 259 g/mol. The van der Waals surface area contributed by atoms with Gasteiger partial charge in [0.05, 0.1) is 0 Å². The molecule has 0 saturated carbocycles. The second-order valence-corrected chi connectivity index (χ2v) is 4.15. The summed E-state index contributed by atoms with van der Waals surface area (Å²) in [5.74, 6) is -1.77. The molecule has 0 aliphatic heterocycles. The molecule has 17 heavy (non-hydrogen) atoms. The van der Waals surface area contributed by atoms with Crippen LogP contribution >= 0.6 is 11.3 Å². The van der Waals surface area contributed by atoms with Crippen LogP contribution in [0.5, 0.6) is 0 Å². The molecule has 0 bridgehead atoms. The summed E-state index contributed by atoms with van der Waals surface area (Å²) in [7, 11) is 0. The van der Waals surface area contributed by atoms with Gasteiger partial charge in [-0.2, -0.15) is 0 Å². The first-order chi connectivity index (χ1) is 8.08. The summed E-state index contributed by atoms with van der Waals surface area (Å²) in [4.78, 5) is 26.3. The number of aliphatic hydroxyl groups is 1. The van der Waals surface area contributed by atoms with Crippen LogP contribution in [0.15, 0.2) is 5.38 Å². The Kier molecular flexibility index (Phi) is 5.01. The van der Waals surface area contributed by atoms with E-state index in [0.717, 1.165) is 0 Å². The van der Waals surface area contributed by atoms with Crippen LogP contribution in [0.2, 0.25) is 0 Å². The number of aromatic nitrogens is 1. The van der Waals surface area contributed by atoms with Gasteiger partial charge in [0, 0.05) is 25.0 Å². The maximum Gasteiger partial charge on any atom is 0.326 e. The maximum absolute atomic E-state index is 11.6. The van der Waals surface area contributed by atoms with E-state index in [4.69, 9.17) is 15.9 Å². The van der Waals surface area contributed by atoms with E-state index in [1.807, 2.05) is 0 Å². The molecule has 0 fully saturated rings. The maximum atomic E-state index is 11.6. The predicted octanol–water partition coefficient (Wildman–Crippen LogP) is -0.833. The fraction of sp³-hybridized carbons (Fsp3) is 0.444. The zero-order valence-corrected chi connectivity index (χ0v) is 9.74. The third-order valence-corrected chi connectivity index (χ3v) is 2.85. The second-order valence-electron chi connectivity index (χ2n) is 3.21. The van der Waals surface area contributed by atoms with Gasteiger partial charge in [0.25, 0.3) is 5.91 Å². The number of hydrogen-bond donors (Lipinski definition) is 4. The lowest BCUT2D eigenvalue weighted by Crippen LogP contribution is -2.41. The highest BCUT2D eigenvalue weighted by Crippen LogP contribution is 2.09. The minimum atomic E-state index is -1.19. The molecule has 0 radical (unpaired) electrons. The number of amides is 1. The van der Waals surface area contributed by atoms with Crippen LogP contribution < -0.4 is 11.1 Å². The summed E-state index contributed by atoms with van der Waals surface area (Å²) in [6, 6.07) is -1.12. The first-order valence-electron chi connectivity index (χ1n) is 4.87. The van der Waals surface area contributed by atoms with Crippen LogP contribution in [0.1, 0.15) is 21.9 Å². The van der Waals surface area contributed by atoms with E-state index in [0.29, 0.717) is 5.01 Å². The number of nitrogens with one attached hydrogen (secondary N) is 1. The standard InChI is InChI=1S/C9H13N3O4S/c10-3-7-11-6(4-17-7)8(14)12-5(1-2-13)9(15)16/h4-5,13H,1-3,10H2,(H,12,14)(H,15,16)/t5-/m0/s1. The molecule has 0 saturated heterocycles. The zero-order valence-electron chi connectivity index (χ0n) is 8.92. The predicted molar refractivity (Wildman–Crippen MR) is 60.6 cm³/mol. The Morgan fingerprint density at radius 2 is 2.29 bits per heavy atom. The topological polar surface area (TPSA) is 126 Å². The van der Waals surface area contributed by atoms with Crippen molar-refractivity contribution in [2.45, 2.75) is 19.0 Å². The van der Waals surface area contributed by atoms with E-state index < -0.39 is 17.9 Å². The molecule has 1 atom stereocenters. The molecular weight excluding hydrogens is 246 g/mol. The normalized spacial score (nSPS) is 12.1. The van der Waals surface area contributed by atoms with Crippen LogP contribution in [0.3, 0.4) is 0 Å². The SMILES string of the molecule is NCc1nc(C(=O)N[C@@H](CCO)C(=O)O)cs1. The highest BCUT2D eigenvalue weighted by molar-refractivity contribution is 7.09. The number of nitrogens with zero attached hydrogens (tertiary/aromatic N) is 1. The van der Waals surface area contributed by atoms with Gasteiger partial charge in [0.2, 0.25) is 0 Å².